The molecule has 5 nitrogen and oxygen atoms in total. The molecule has 2 aromatic carbocycles. The molecular formula is C21H16Cl2N2O3. The van der Waals surface area contributed by atoms with Crippen LogP contribution in [0.25, 0.3) is 0 Å². The van der Waals surface area contributed by atoms with Gasteiger partial charge in [0, 0.05) is 16.5 Å². The summed E-state index contributed by atoms with van der Waals surface area (Å²) in [5.41, 5.74) is 1.70. The maximum absolute atomic E-state index is 12.8. The van der Waals surface area contributed by atoms with Gasteiger partial charge in [-0.15, -0.1) is 0 Å². The van der Waals surface area contributed by atoms with E-state index < -0.39 is 0 Å². The van der Waals surface area contributed by atoms with Crippen LogP contribution >= 0.6 is 23.2 Å². The molecule has 0 radical (unpaired) electrons. The van der Waals surface area contributed by atoms with Gasteiger partial charge >= 0.3 is 0 Å². The molecule has 0 bridgehead atoms. The summed E-state index contributed by atoms with van der Waals surface area (Å²) in [4.78, 5) is 12.8. The van der Waals surface area contributed by atoms with Gasteiger partial charge in [-0.05, 0) is 48.0 Å². The van der Waals surface area contributed by atoms with Gasteiger partial charge in [0.15, 0.2) is 6.61 Å². The van der Waals surface area contributed by atoms with Crippen LogP contribution in [0.2, 0.25) is 10.0 Å². The van der Waals surface area contributed by atoms with Crippen LogP contribution in [0.1, 0.15) is 23.8 Å². The van der Waals surface area contributed by atoms with Crippen LogP contribution < -0.4 is 4.74 Å². The highest BCUT2D eigenvalue weighted by atomic mass is 35.5. The lowest BCUT2D eigenvalue weighted by atomic mass is 10.0. The number of rotatable bonds is 5. The Labute approximate surface area is 172 Å². The molecule has 1 aromatic heterocycles. The van der Waals surface area contributed by atoms with Crippen LogP contribution in [0.3, 0.4) is 0 Å². The molecule has 0 N–H and O–H groups in total. The Morgan fingerprint density at radius 1 is 1.11 bits per heavy atom. The summed E-state index contributed by atoms with van der Waals surface area (Å²) in [5.74, 6) is 0.922. The molecule has 1 aliphatic heterocycles. The van der Waals surface area contributed by atoms with Gasteiger partial charge in [-0.3, -0.25) is 4.79 Å². The number of hydrogen-bond acceptors (Lipinski definition) is 4. The molecule has 0 saturated carbocycles. The predicted octanol–water partition coefficient (Wildman–Crippen LogP) is 5.34. The van der Waals surface area contributed by atoms with Crippen LogP contribution in [0.15, 0.2) is 76.4 Å². The topological polar surface area (TPSA) is 55.0 Å². The second kappa shape index (κ2) is 8.09. The van der Waals surface area contributed by atoms with E-state index in [-0.39, 0.29) is 18.6 Å². The zero-order valence-electron chi connectivity index (χ0n) is 14.7. The van der Waals surface area contributed by atoms with Crippen molar-refractivity contribution in [1.29, 1.82) is 0 Å². The number of amides is 1. The van der Waals surface area contributed by atoms with Crippen molar-refractivity contribution >= 4 is 34.8 Å². The number of hydrogen-bond donors (Lipinski definition) is 0. The number of benzene rings is 2. The van der Waals surface area contributed by atoms with Crippen LogP contribution in [0, 0.1) is 0 Å². The maximum atomic E-state index is 12.8. The van der Waals surface area contributed by atoms with Crippen molar-refractivity contribution in [3.05, 3.63) is 88.3 Å². The molecule has 0 fully saturated rings. The van der Waals surface area contributed by atoms with Gasteiger partial charge in [0.05, 0.1) is 12.0 Å². The van der Waals surface area contributed by atoms with Crippen molar-refractivity contribution in [1.82, 2.24) is 5.01 Å². The third kappa shape index (κ3) is 4.06. The Kier molecular flexibility index (Phi) is 5.37. The van der Waals surface area contributed by atoms with Crippen molar-refractivity contribution in [3.63, 3.8) is 0 Å². The molecule has 0 unspecified atom stereocenters. The molecule has 1 atom stereocenters. The van der Waals surface area contributed by atoms with Crippen LogP contribution in [-0.4, -0.2) is 23.2 Å². The highest BCUT2D eigenvalue weighted by Gasteiger charge is 2.35. The van der Waals surface area contributed by atoms with Crippen LogP contribution in [0.4, 0.5) is 0 Å². The predicted molar refractivity (Wildman–Crippen MR) is 108 cm³/mol. The molecule has 3 aromatic rings. The lowest BCUT2D eigenvalue weighted by molar-refractivity contribution is -0.135. The highest BCUT2D eigenvalue weighted by Crippen LogP contribution is 2.33. The molecule has 4 rings (SSSR count). The Morgan fingerprint density at radius 2 is 1.93 bits per heavy atom. The number of hydrazone groups is 1. The lowest BCUT2D eigenvalue weighted by Crippen LogP contribution is -2.31. The first kappa shape index (κ1) is 18.6. The van der Waals surface area contributed by atoms with Crippen molar-refractivity contribution in [2.24, 2.45) is 5.10 Å². The van der Waals surface area contributed by atoms with Crippen molar-refractivity contribution in [2.75, 3.05) is 6.61 Å². The monoisotopic (exact) mass is 414 g/mol. The zero-order valence-corrected chi connectivity index (χ0v) is 16.2. The second-order valence-electron chi connectivity index (χ2n) is 6.27. The fourth-order valence-electron chi connectivity index (χ4n) is 3.03. The number of furan rings is 1. The smallest absolute Gasteiger partial charge is 0.281 e. The van der Waals surface area contributed by atoms with E-state index in [2.05, 4.69) is 5.10 Å². The van der Waals surface area contributed by atoms with Crippen LogP contribution in [-0.2, 0) is 4.79 Å². The molecule has 0 spiro atoms. The van der Waals surface area contributed by atoms with E-state index in [1.165, 1.54) is 5.01 Å². The van der Waals surface area contributed by atoms with E-state index in [4.69, 9.17) is 32.4 Å². The minimum absolute atomic E-state index is 0.158. The molecule has 28 heavy (non-hydrogen) atoms. The molecule has 1 amide bonds. The number of halogens is 2. The van der Waals surface area contributed by atoms with Crippen LogP contribution in [0.5, 0.6) is 5.75 Å². The summed E-state index contributed by atoms with van der Waals surface area (Å²) in [7, 11) is 0. The molecule has 7 heteroatoms. The summed E-state index contributed by atoms with van der Waals surface area (Å²) in [6.07, 6.45) is 2.12. The third-order valence-corrected chi connectivity index (χ3v) is 4.86. The van der Waals surface area contributed by atoms with Gasteiger partial charge < -0.3 is 9.15 Å². The SMILES string of the molecule is O=C(COc1cccc(Cl)c1)N1N=C(c2ccc(Cl)cc2)C[C@H]1c1ccco1. The molecule has 1 aliphatic rings. The first-order valence-corrected chi connectivity index (χ1v) is 9.43. The minimum Gasteiger partial charge on any atom is -0.484 e. The first-order valence-electron chi connectivity index (χ1n) is 8.67. The Balaban J connectivity index is 1.55. The highest BCUT2D eigenvalue weighted by molar-refractivity contribution is 6.31. The van der Waals surface area contributed by atoms with E-state index in [0.717, 1.165) is 11.3 Å². The summed E-state index contributed by atoms with van der Waals surface area (Å²) < 4.78 is 11.1. The number of carbonyl (C=O) groups excluding carboxylic acids is 1. The van der Waals surface area contributed by atoms with E-state index in [0.29, 0.717) is 28.0 Å². The van der Waals surface area contributed by atoms with Gasteiger partial charge in [0.1, 0.15) is 17.6 Å². The summed E-state index contributed by atoms with van der Waals surface area (Å²) in [6, 6.07) is 17.6. The van der Waals surface area contributed by atoms with Gasteiger partial charge in [0.25, 0.3) is 5.91 Å². The second-order valence-corrected chi connectivity index (χ2v) is 7.15. The number of carbonyl (C=O) groups is 1. The zero-order chi connectivity index (χ0) is 19.5. The van der Waals surface area contributed by atoms with Gasteiger partial charge in [-0.1, -0.05) is 41.4 Å². The van der Waals surface area contributed by atoms with Gasteiger partial charge in [0.2, 0.25) is 0 Å². The van der Waals surface area contributed by atoms with Gasteiger partial charge in [-0.25, -0.2) is 5.01 Å². The summed E-state index contributed by atoms with van der Waals surface area (Å²) in [5, 5.41) is 7.16. The summed E-state index contributed by atoms with van der Waals surface area (Å²) >= 11 is 11.9. The Bertz CT molecular complexity index is 1000. The fraction of sp³-hybridized carbons (Fsp3) is 0.143. The van der Waals surface area contributed by atoms with E-state index in [1.807, 2.05) is 18.2 Å². The lowest BCUT2D eigenvalue weighted by Gasteiger charge is -2.20. The normalized spacial score (nSPS) is 16.1. The standard InChI is InChI=1S/C21H16Cl2N2O3/c22-15-8-6-14(7-9-15)18-12-19(20-5-2-10-27-20)25(24-18)21(26)13-28-17-4-1-3-16(23)11-17/h1-11,19H,12-13H2/t19-/m0/s1. The van der Waals surface area contributed by atoms with Gasteiger partial charge in [-0.2, -0.15) is 5.10 Å². The van der Waals surface area contributed by atoms with Crippen molar-refractivity contribution < 1.29 is 13.9 Å². The molecular weight excluding hydrogens is 399 g/mol. The van der Waals surface area contributed by atoms with E-state index >= 15 is 0 Å². The van der Waals surface area contributed by atoms with E-state index in [1.54, 1.807) is 48.7 Å². The molecule has 0 aliphatic carbocycles. The van der Waals surface area contributed by atoms with E-state index in [9.17, 15) is 4.79 Å². The molecule has 142 valence electrons. The van der Waals surface area contributed by atoms with Crippen molar-refractivity contribution in [3.8, 4) is 5.75 Å². The number of ether oxygens (including phenoxy) is 1. The average Bonchev–Trinajstić information content (AvgIpc) is 3.36. The van der Waals surface area contributed by atoms with Crippen molar-refractivity contribution in [2.45, 2.75) is 12.5 Å². The minimum atomic E-state index is -0.323. The average molecular weight is 415 g/mol. The largest absolute Gasteiger partial charge is 0.484 e. The third-order valence-electron chi connectivity index (χ3n) is 4.37. The molecule has 0 saturated heterocycles. The Morgan fingerprint density at radius 3 is 2.64 bits per heavy atom. The Hall–Kier alpha value is -2.76. The quantitative estimate of drug-likeness (QED) is 0.565. The first-order chi connectivity index (χ1) is 13.6. The molecule has 2 heterocycles. The summed E-state index contributed by atoms with van der Waals surface area (Å²) in [6.45, 7) is -0.158. The maximum Gasteiger partial charge on any atom is 0.281 e. The number of nitrogens with zero attached hydrogens (tertiary/aromatic N) is 2. The fourth-order valence-corrected chi connectivity index (χ4v) is 3.33.